The van der Waals surface area contributed by atoms with Gasteiger partial charge in [0.2, 0.25) is 11.7 Å². The minimum absolute atomic E-state index is 0.109. The van der Waals surface area contributed by atoms with E-state index in [0.29, 0.717) is 22.4 Å². The fourth-order valence-electron chi connectivity index (χ4n) is 2.51. The Kier molecular flexibility index (Phi) is 5.27. The van der Waals surface area contributed by atoms with Crippen molar-refractivity contribution in [3.05, 3.63) is 46.4 Å². The maximum atomic E-state index is 12.3. The van der Waals surface area contributed by atoms with Crippen LogP contribution in [0.1, 0.15) is 25.5 Å². The summed E-state index contributed by atoms with van der Waals surface area (Å²) >= 11 is 1.25. The van der Waals surface area contributed by atoms with E-state index in [4.69, 9.17) is 4.74 Å². The molecule has 0 aliphatic heterocycles. The van der Waals surface area contributed by atoms with Gasteiger partial charge < -0.3 is 10.1 Å². The summed E-state index contributed by atoms with van der Waals surface area (Å²) < 4.78 is 7.00. The van der Waals surface area contributed by atoms with Crippen LogP contribution in [-0.2, 0) is 4.79 Å². The predicted molar refractivity (Wildman–Crippen MR) is 100 cm³/mol. The molecule has 0 bridgehead atoms. The summed E-state index contributed by atoms with van der Waals surface area (Å²) in [7, 11) is 1.55. The monoisotopic (exact) mass is 373 g/mol. The lowest BCUT2D eigenvalue weighted by Gasteiger charge is -2.11. The molecule has 3 rings (SSSR count). The molecule has 0 unspecified atom stereocenters. The van der Waals surface area contributed by atoms with E-state index < -0.39 is 0 Å². The SMILES string of the molecule is COc1ccccc1NC(=O)CSc1nnc2[nH]c(=O)cc(C(C)C)n12. The van der Waals surface area contributed by atoms with Crippen molar-refractivity contribution >= 4 is 29.1 Å². The first-order chi connectivity index (χ1) is 12.5. The lowest BCUT2D eigenvalue weighted by atomic mass is 10.1. The van der Waals surface area contributed by atoms with Crippen LogP contribution in [0.25, 0.3) is 5.78 Å². The molecule has 0 radical (unpaired) electrons. The van der Waals surface area contributed by atoms with Gasteiger partial charge in [0.15, 0.2) is 5.16 Å². The van der Waals surface area contributed by atoms with Gasteiger partial charge in [-0.25, -0.2) is 0 Å². The molecule has 8 nitrogen and oxygen atoms in total. The van der Waals surface area contributed by atoms with E-state index in [0.717, 1.165) is 5.69 Å². The van der Waals surface area contributed by atoms with Crippen molar-refractivity contribution in [1.82, 2.24) is 19.6 Å². The fourth-order valence-corrected chi connectivity index (χ4v) is 3.26. The number of carbonyl (C=O) groups excluding carboxylic acids is 1. The molecule has 1 amide bonds. The third-order valence-corrected chi connectivity index (χ3v) is 4.64. The van der Waals surface area contributed by atoms with E-state index in [2.05, 4.69) is 20.5 Å². The zero-order valence-electron chi connectivity index (χ0n) is 14.6. The number of aromatic amines is 1. The van der Waals surface area contributed by atoms with Crippen LogP contribution in [0.4, 0.5) is 5.69 Å². The van der Waals surface area contributed by atoms with Gasteiger partial charge in [-0.05, 0) is 18.1 Å². The molecule has 0 atom stereocenters. The number of para-hydroxylation sites is 2. The standard InChI is InChI=1S/C17H19N5O3S/c1-10(2)12-8-14(23)19-16-20-21-17(22(12)16)26-9-15(24)18-11-6-4-5-7-13(11)25-3/h4-8,10H,9H2,1-3H3,(H,18,24)(H,19,20,23). The van der Waals surface area contributed by atoms with Crippen molar-refractivity contribution in [2.75, 3.05) is 18.2 Å². The smallest absolute Gasteiger partial charge is 0.252 e. The van der Waals surface area contributed by atoms with Crippen LogP contribution < -0.4 is 15.6 Å². The van der Waals surface area contributed by atoms with Gasteiger partial charge in [0.05, 0.1) is 18.6 Å². The van der Waals surface area contributed by atoms with E-state index in [1.54, 1.807) is 23.6 Å². The largest absolute Gasteiger partial charge is 0.495 e. The average Bonchev–Trinajstić information content (AvgIpc) is 3.02. The average molecular weight is 373 g/mol. The number of ether oxygens (including phenoxy) is 1. The molecule has 0 saturated carbocycles. The maximum Gasteiger partial charge on any atom is 0.252 e. The van der Waals surface area contributed by atoms with Crippen LogP contribution in [-0.4, -0.2) is 38.4 Å². The number of nitrogens with one attached hydrogen (secondary N) is 2. The zero-order valence-corrected chi connectivity index (χ0v) is 15.5. The third kappa shape index (κ3) is 3.72. The summed E-state index contributed by atoms with van der Waals surface area (Å²) in [5, 5.41) is 11.5. The second-order valence-corrected chi connectivity index (χ2v) is 6.83. The zero-order chi connectivity index (χ0) is 18.7. The first-order valence-corrected chi connectivity index (χ1v) is 9.02. The van der Waals surface area contributed by atoms with Crippen LogP contribution >= 0.6 is 11.8 Å². The lowest BCUT2D eigenvalue weighted by Crippen LogP contribution is -2.16. The van der Waals surface area contributed by atoms with Gasteiger partial charge in [-0.3, -0.25) is 19.0 Å². The summed E-state index contributed by atoms with van der Waals surface area (Å²) in [5.41, 5.74) is 1.18. The highest BCUT2D eigenvalue weighted by atomic mass is 32.2. The Labute approximate surface area is 154 Å². The molecule has 9 heteroatoms. The van der Waals surface area contributed by atoms with Crippen molar-refractivity contribution in [2.24, 2.45) is 0 Å². The van der Waals surface area contributed by atoms with E-state index >= 15 is 0 Å². The van der Waals surface area contributed by atoms with Gasteiger partial charge in [-0.2, -0.15) is 0 Å². The molecule has 136 valence electrons. The molecular formula is C17H19N5O3S. The highest BCUT2D eigenvalue weighted by molar-refractivity contribution is 7.99. The van der Waals surface area contributed by atoms with Crippen LogP contribution in [0, 0.1) is 0 Å². The maximum absolute atomic E-state index is 12.3. The Morgan fingerprint density at radius 3 is 2.85 bits per heavy atom. The molecule has 0 spiro atoms. The number of hydrogen-bond donors (Lipinski definition) is 2. The molecule has 26 heavy (non-hydrogen) atoms. The topological polar surface area (TPSA) is 101 Å². The van der Waals surface area contributed by atoms with Gasteiger partial charge in [-0.15, -0.1) is 10.2 Å². The predicted octanol–water partition coefficient (Wildman–Crippen LogP) is 2.28. The third-order valence-electron chi connectivity index (χ3n) is 3.71. The van der Waals surface area contributed by atoms with E-state index in [9.17, 15) is 9.59 Å². The van der Waals surface area contributed by atoms with Crippen molar-refractivity contribution in [1.29, 1.82) is 0 Å². The number of methoxy groups -OCH3 is 1. The quantitative estimate of drug-likeness (QED) is 0.643. The minimum atomic E-state index is -0.223. The first-order valence-electron chi connectivity index (χ1n) is 8.03. The number of aromatic nitrogens is 4. The highest BCUT2D eigenvalue weighted by Crippen LogP contribution is 2.24. The van der Waals surface area contributed by atoms with Crippen LogP contribution in [0.5, 0.6) is 5.75 Å². The minimum Gasteiger partial charge on any atom is -0.495 e. The van der Waals surface area contributed by atoms with Crippen LogP contribution in [0.2, 0.25) is 0 Å². The van der Waals surface area contributed by atoms with Gasteiger partial charge in [-0.1, -0.05) is 37.7 Å². The number of fused-ring (bicyclic) bond motifs is 1. The molecule has 3 aromatic rings. The highest BCUT2D eigenvalue weighted by Gasteiger charge is 2.16. The van der Waals surface area contributed by atoms with E-state index in [1.807, 2.05) is 26.0 Å². The van der Waals surface area contributed by atoms with Gasteiger partial charge in [0.1, 0.15) is 5.75 Å². The molecule has 2 heterocycles. The van der Waals surface area contributed by atoms with E-state index in [1.165, 1.54) is 17.8 Å². The van der Waals surface area contributed by atoms with Crippen molar-refractivity contribution in [3.63, 3.8) is 0 Å². The summed E-state index contributed by atoms with van der Waals surface area (Å²) in [6, 6.07) is 8.73. The Morgan fingerprint density at radius 2 is 2.12 bits per heavy atom. The Morgan fingerprint density at radius 1 is 1.35 bits per heavy atom. The molecule has 0 aliphatic carbocycles. The molecular weight excluding hydrogens is 354 g/mol. The molecule has 0 fully saturated rings. The number of amides is 1. The Balaban J connectivity index is 1.77. The van der Waals surface area contributed by atoms with Gasteiger partial charge in [0, 0.05) is 11.8 Å². The van der Waals surface area contributed by atoms with Crippen LogP contribution in [0.15, 0.2) is 40.3 Å². The second kappa shape index (κ2) is 7.61. The molecule has 1 aromatic carbocycles. The van der Waals surface area contributed by atoms with Crippen molar-refractivity contribution < 1.29 is 9.53 Å². The molecule has 2 N–H and O–H groups in total. The number of hydrogen-bond acceptors (Lipinski definition) is 6. The first kappa shape index (κ1) is 18.0. The summed E-state index contributed by atoms with van der Waals surface area (Å²) in [6.07, 6.45) is 0. The number of benzene rings is 1. The fraction of sp³-hybridized carbons (Fsp3) is 0.294. The van der Waals surface area contributed by atoms with Crippen molar-refractivity contribution in [3.8, 4) is 5.75 Å². The molecule has 0 saturated heterocycles. The van der Waals surface area contributed by atoms with Gasteiger partial charge in [0.25, 0.3) is 5.56 Å². The molecule has 0 aliphatic rings. The lowest BCUT2D eigenvalue weighted by molar-refractivity contribution is -0.113. The second-order valence-electron chi connectivity index (χ2n) is 5.89. The number of rotatable bonds is 6. The summed E-state index contributed by atoms with van der Waals surface area (Å²) in [4.78, 5) is 26.7. The normalized spacial score (nSPS) is 11.1. The Bertz CT molecular complexity index is 995. The van der Waals surface area contributed by atoms with Crippen LogP contribution in [0.3, 0.4) is 0 Å². The summed E-state index contributed by atoms with van der Waals surface area (Å²) in [6.45, 7) is 3.97. The number of carbonyl (C=O) groups is 1. The Hall–Kier alpha value is -2.81. The van der Waals surface area contributed by atoms with Crippen molar-refractivity contribution in [2.45, 2.75) is 24.9 Å². The summed E-state index contributed by atoms with van der Waals surface area (Å²) in [5.74, 6) is 1.03. The number of H-pyrrole nitrogens is 1. The number of anilines is 1. The number of nitrogens with zero attached hydrogens (tertiary/aromatic N) is 3. The van der Waals surface area contributed by atoms with E-state index in [-0.39, 0.29) is 23.1 Å². The van der Waals surface area contributed by atoms with Gasteiger partial charge >= 0.3 is 0 Å². The molecule has 2 aromatic heterocycles. The number of thioether (sulfide) groups is 1.